The van der Waals surface area contributed by atoms with Crippen molar-refractivity contribution in [3.05, 3.63) is 34.6 Å². The van der Waals surface area contributed by atoms with E-state index in [9.17, 15) is 9.59 Å². The topological polar surface area (TPSA) is 64.0 Å². The van der Waals surface area contributed by atoms with Crippen molar-refractivity contribution in [3.8, 4) is 0 Å². The van der Waals surface area contributed by atoms with E-state index in [2.05, 4.69) is 5.32 Å². The van der Waals surface area contributed by atoms with E-state index < -0.39 is 0 Å². The Kier molecular flexibility index (Phi) is 4.93. The zero-order chi connectivity index (χ0) is 20.1. The normalized spacial score (nSPS) is 30.2. The molecule has 1 aromatic heterocycles. The molecule has 1 amide bonds. The van der Waals surface area contributed by atoms with E-state index in [1.807, 2.05) is 38.1 Å². The van der Waals surface area contributed by atoms with E-state index >= 15 is 0 Å². The molecule has 154 valence electrons. The molecule has 6 heteroatoms. The van der Waals surface area contributed by atoms with Gasteiger partial charge in [0, 0.05) is 12.1 Å². The van der Waals surface area contributed by atoms with Crippen molar-refractivity contribution in [2.24, 2.45) is 23.7 Å². The van der Waals surface area contributed by atoms with Gasteiger partial charge in [-0.15, -0.1) is 0 Å². The number of para-hydroxylation sites is 1. The van der Waals surface area contributed by atoms with Crippen LogP contribution in [0.2, 0.25) is 0 Å². The monoisotopic (exact) mass is 411 g/mol. The highest BCUT2D eigenvalue weighted by Gasteiger charge is 2.48. The zero-order valence-corrected chi connectivity index (χ0v) is 18.0. The number of benzene rings is 1. The molecular formula is C23H29N3O2S. The van der Waals surface area contributed by atoms with Crippen molar-refractivity contribution >= 4 is 28.6 Å². The van der Waals surface area contributed by atoms with E-state index in [0.29, 0.717) is 39.7 Å². The van der Waals surface area contributed by atoms with E-state index in [1.165, 1.54) is 43.9 Å². The Morgan fingerprint density at radius 2 is 1.79 bits per heavy atom. The number of fused-ring (bicyclic) bond motifs is 1. The van der Waals surface area contributed by atoms with Gasteiger partial charge in [-0.05, 0) is 81.8 Å². The molecule has 0 atom stereocenters. The second-order valence-corrected chi connectivity index (χ2v) is 10.4. The van der Waals surface area contributed by atoms with Crippen LogP contribution in [0.3, 0.4) is 0 Å². The summed E-state index contributed by atoms with van der Waals surface area (Å²) in [6, 6.07) is 7.78. The number of hydrogen-bond donors (Lipinski definition) is 1. The number of hydrogen-bond acceptors (Lipinski definition) is 4. The number of rotatable bonds is 5. The van der Waals surface area contributed by atoms with E-state index in [4.69, 9.17) is 4.98 Å². The van der Waals surface area contributed by atoms with Gasteiger partial charge in [0.15, 0.2) is 5.16 Å². The van der Waals surface area contributed by atoms with E-state index in [1.54, 1.807) is 4.57 Å². The smallest absolute Gasteiger partial charge is 0.262 e. The molecule has 29 heavy (non-hydrogen) atoms. The lowest BCUT2D eigenvalue weighted by Crippen LogP contribution is -2.56. The van der Waals surface area contributed by atoms with Crippen molar-refractivity contribution in [1.82, 2.24) is 14.9 Å². The fraction of sp³-hybridized carbons (Fsp3) is 0.609. The Labute approximate surface area is 175 Å². The molecule has 1 heterocycles. The highest BCUT2D eigenvalue weighted by molar-refractivity contribution is 7.99. The van der Waals surface area contributed by atoms with Crippen molar-refractivity contribution in [3.63, 3.8) is 0 Å². The summed E-state index contributed by atoms with van der Waals surface area (Å²) < 4.78 is 1.71. The van der Waals surface area contributed by atoms with Crippen LogP contribution in [0, 0.1) is 23.7 Å². The minimum atomic E-state index is -0.0328. The average molecular weight is 412 g/mol. The molecule has 0 radical (unpaired) electrons. The minimum Gasteiger partial charge on any atom is -0.352 e. The van der Waals surface area contributed by atoms with Crippen LogP contribution in [0.25, 0.3) is 10.9 Å². The van der Waals surface area contributed by atoms with Crippen LogP contribution in [0.5, 0.6) is 0 Å². The van der Waals surface area contributed by atoms with Crippen LogP contribution in [-0.2, 0) is 4.79 Å². The van der Waals surface area contributed by atoms with Crippen LogP contribution in [0.4, 0.5) is 0 Å². The third kappa shape index (κ3) is 3.49. The van der Waals surface area contributed by atoms with E-state index in [-0.39, 0.29) is 17.5 Å². The molecule has 4 aliphatic carbocycles. The molecule has 4 aliphatic rings. The average Bonchev–Trinajstić information content (AvgIpc) is 2.68. The molecule has 1 aromatic carbocycles. The standard InChI is InChI=1S/C23H29N3O2S/c1-13(2)26-22(28)18-5-3-4-6-19(18)24-23(26)29-12-20(27)25-21-16-8-14-7-15(10-16)11-17(21)9-14/h3-6,13-17,21H,7-12H2,1-2H3,(H,25,27). The SMILES string of the molecule is CC(C)n1c(SCC(=O)NC2C3CC4CC(C3)CC2C4)nc2ccccc2c1=O. The lowest BCUT2D eigenvalue weighted by Gasteiger charge is -2.54. The zero-order valence-electron chi connectivity index (χ0n) is 17.1. The lowest BCUT2D eigenvalue weighted by atomic mass is 9.54. The summed E-state index contributed by atoms with van der Waals surface area (Å²) in [5, 5.41) is 4.61. The molecule has 0 aliphatic heterocycles. The van der Waals surface area contributed by atoms with Crippen molar-refractivity contribution in [2.75, 3.05) is 5.75 Å². The summed E-state index contributed by atoms with van der Waals surface area (Å²) in [6.45, 7) is 3.97. The fourth-order valence-corrected chi connectivity index (χ4v) is 7.14. The van der Waals surface area contributed by atoms with Gasteiger partial charge in [-0.1, -0.05) is 23.9 Å². The Morgan fingerprint density at radius 3 is 2.45 bits per heavy atom. The summed E-state index contributed by atoms with van der Waals surface area (Å²) in [5.41, 5.74) is 0.660. The van der Waals surface area contributed by atoms with Gasteiger partial charge < -0.3 is 5.32 Å². The van der Waals surface area contributed by atoms with Crippen LogP contribution >= 0.6 is 11.8 Å². The molecule has 2 aromatic rings. The van der Waals surface area contributed by atoms with Gasteiger partial charge >= 0.3 is 0 Å². The molecule has 0 saturated heterocycles. The van der Waals surface area contributed by atoms with Crippen LogP contribution in [-0.4, -0.2) is 27.3 Å². The largest absolute Gasteiger partial charge is 0.352 e. The van der Waals surface area contributed by atoms with Gasteiger partial charge in [-0.25, -0.2) is 4.98 Å². The third-order valence-corrected chi connectivity index (χ3v) is 8.13. The Bertz CT molecular complexity index is 971. The predicted molar refractivity (Wildman–Crippen MR) is 116 cm³/mol. The molecule has 4 fully saturated rings. The molecule has 4 bridgehead atoms. The first kappa shape index (κ1) is 19.2. The summed E-state index contributed by atoms with van der Waals surface area (Å²) >= 11 is 1.38. The summed E-state index contributed by atoms with van der Waals surface area (Å²) in [5.74, 6) is 3.54. The first-order chi connectivity index (χ1) is 14.0. The Morgan fingerprint density at radius 1 is 1.14 bits per heavy atom. The second-order valence-electron chi connectivity index (χ2n) is 9.49. The highest BCUT2D eigenvalue weighted by atomic mass is 32.2. The van der Waals surface area contributed by atoms with Crippen LogP contribution < -0.4 is 10.9 Å². The highest BCUT2D eigenvalue weighted by Crippen LogP contribution is 2.53. The van der Waals surface area contributed by atoms with Gasteiger partial charge in [-0.2, -0.15) is 0 Å². The fourth-order valence-electron chi connectivity index (χ4n) is 6.20. The van der Waals surface area contributed by atoms with E-state index in [0.717, 1.165) is 11.8 Å². The van der Waals surface area contributed by atoms with Crippen molar-refractivity contribution in [1.29, 1.82) is 0 Å². The van der Waals surface area contributed by atoms with Gasteiger partial charge in [-0.3, -0.25) is 14.2 Å². The Balaban J connectivity index is 1.31. The number of carbonyl (C=O) groups excluding carboxylic acids is 1. The van der Waals surface area contributed by atoms with Gasteiger partial charge in [0.2, 0.25) is 5.91 Å². The maximum absolute atomic E-state index is 12.9. The second kappa shape index (κ2) is 7.46. The summed E-state index contributed by atoms with van der Waals surface area (Å²) in [4.78, 5) is 30.4. The number of thioether (sulfide) groups is 1. The number of nitrogens with zero attached hydrogens (tertiary/aromatic N) is 2. The number of aromatic nitrogens is 2. The molecule has 1 N–H and O–H groups in total. The van der Waals surface area contributed by atoms with Crippen molar-refractivity contribution < 1.29 is 4.79 Å². The van der Waals surface area contributed by atoms with Gasteiger partial charge in [0.1, 0.15) is 0 Å². The van der Waals surface area contributed by atoms with Gasteiger partial charge in [0.05, 0.1) is 16.7 Å². The Hall–Kier alpha value is -1.82. The molecule has 4 saturated carbocycles. The molecular weight excluding hydrogens is 382 g/mol. The predicted octanol–water partition coefficient (Wildman–Crippen LogP) is 4.01. The molecule has 0 spiro atoms. The number of carbonyl (C=O) groups is 1. The summed E-state index contributed by atoms with van der Waals surface area (Å²) in [7, 11) is 0. The number of nitrogens with one attached hydrogen (secondary N) is 1. The number of amides is 1. The van der Waals surface area contributed by atoms with Crippen LogP contribution in [0.1, 0.15) is 52.0 Å². The first-order valence-electron chi connectivity index (χ1n) is 10.9. The van der Waals surface area contributed by atoms with Crippen molar-refractivity contribution in [2.45, 2.75) is 63.2 Å². The maximum atomic E-state index is 12.9. The summed E-state index contributed by atoms with van der Waals surface area (Å²) in [6.07, 6.45) is 6.60. The molecule has 5 nitrogen and oxygen atoms in total. The third-order valence-electron chi connectivity index (χ3n) is 7.18. The molecule has 0 unspecified atom stereocenters. The minimum absolute atomic E-state index is 0.00501. The van der Waals surface area contributed by atoms with Gasteiger partial charge in [0.25, 0.3) is 5.56 Å². The van der Waals surface area contributed by atoms with Crippen LogP contribution in [0.15, 0.2) is 34.2 Å². The quantitative estimate of drug-likeness (QED) is 0.596. The lowest BCUT2D eigenvalue weighted by molar-refractivity contribution is -0.122. The first-order valence-corrected chi connectivity index (χ1v) is 11.9. The maximum Gasteiger partial charge on any atom is 0.262 e. The molecule has 6 rings (SSSR count).